The Morgan fingerprint density at radius 1 is 1.12 bits per heavy atom. The largest absolute Gasteiger partial charge is 0.394 e. The molecule has 2 aromatic heterocycles. The van der Waals surface area contributed by atoms with E-state index in [1.807, 2.05) is 0 Å². The molecule has 8 nitrogen and oxygen atoms in total. The number of rotatable bonds is 7. The average molecular weight is 494 g/mol. The standard InChI is InChI=1S/C23H29Cl2N5O3/c1-28-19-20(27-22(28)26-16(13-31)10-14-6-4-3-5-7-14)29(2)23(33)30(21(19)32)12-15-8-9-17(24)18(25)11-15/h8-9,11,14,16,31H,3-7,10,12-13H2,1-2H3,(H,26,27). The fourth-order valence-electron chi connectivity index (χ4n) is 4.72. The van der Waals surface area contributed by atoms with Crippen LogP contribution >= 0.6 is 23.2 Å². The highest BCUT2D eigenvalue weighted by Gasteiger charge is 2.23. The Bertz CT molecular complexity index is 1270. The molecular formula is C23H29Cl2N5O3. The van der Waals surface area contributed by atoms with Gasteiger partial charge in [0.15, 0.2) is 11.2 Å². The van der Waals surface area contributed by atoms with Crippen LogP contribution in [0.25, 0.3) is 11.2 Å². The minimum absolute atomic E-state index is 0.0276. The SMILES string of the molecule is Cn1c(NC(CO)CC2CCCCC2)nc2c1c(=O)n(Cc1ccc(Cl)c(Cl)c1)c(=O)n2C. The fraction of sp³-hybridized carbons (Fsp3) is 0.522. The van der Waals surface area contributed by atoms with Crippen molar-refractivity contribution in [3.05, 3.63) is 54.6 Å². The molecule has 1 aromatic carbocycles. The number of fused-ring (bicyclic) bond motifs is 1. The molecule has 0 saturated heterocycles. The van der Waals surface area contributed by atoms with Crippen LogP contribution in [0.5, 0.6) is 0 Å². The molecule has 2 heterocycles. The molecule has 10 heteroatoms. The molecule has 0 amide bonds. The zero-order chi connectivity index (χ0) is 23.7. The summed E-state index contributed by atoms with van der Waals surface area (Å²) < 4.78 is 4.19. The van der Waals surface area contributed by atoms with Gasteiger partial charge >= 0.3 is 5.69 Å². The highest BCUT2D eigenvalue weighted by molar-refractivity contribution is 6.42. The lowest BCUT2D eigenvalue weighted by Crippen LogP contribution is -2.39. The number of halogens is 2. The Balaban J connectivity index is 1.68. The summed E-state index contributed by atoms with van der Waals surface area (Å²) in [6.45, 7) is 0.0351. The third-order valence-electron chi connectivity index (χ3n) is 6.58. The molecule has 3 aromatic rings. The molecule has 0 spiro atoms. The first kappa shape index (κ1) is 23.9. The van der Waals surface area contributed by atoms with Gasteiger partial charge in [-0.3, -0.25) is 13.9 Å². The number of aliphatic hydroxyl groups excluding tert-OH is 1. The van der Waals surface area contributed by atoms with Gasteiger partial charge in [-0.05, 0) is 30.0 Å². The number of anilines is 1. The Kier molecular flexibility index (Phi) is 7.16. The van der Waals surface area contributed by atoms with E-state index in [1.54, 1.807) is 36.9 Å². The van der Waals surface area contributed by atoms with E-state index in [1.165, 1.54) is 41.2 Å². The van der Waals surface area contributed by atoms with Crippen LogP contribution < -0.4 is 16.6 Å². The summed E-state index contributed by atoms with van der Waals surface area (Å²) in [4.78, 5) is 30.8. The van der Waals surface area contributed by atoms with E-state index < -0.39 is 11.2 Å². The smallest absolute Gasteiger partial charge is 0.332 e. The second kappa shape index (κ2) is 9.91. The van der Waals surface area contributed by atoms with Gasteiger partial charge in [0.05, 0.1) is 29.2 Å². The molecule has 0 aliphatic heterocycles. The highest BCUT2D eigenvalue weighted by atomic mass is 35.5. The zero-order valence-corrected chi connectivity index (χ0v) is 20.4. The van der Waals surface area contributed by atoms with Gasteiger partial charge in [0, 0.05) is 14.1 Å². The number of aromatic nitrogens is 4. The molecule has 0 radical (unpaired) electrons. The number of hydrogen-bond acceptors (Lipinski definition) is 5. The van der Waals surface area contributed by atoms with Gasteiger partial charge in [-0.2, -0.15) is 4.98 Å². The molecular weight excluding hydrogens is 465 g/mol. The van der Waals surface area contributed by atoms with Crippen LogP contribution in [0.2, 0.25) is 10.0 Å². The van der Waals surface area contributed by atoms with Crippen LogP contribution in [0, 0.1) is 5.92 Å². The van der Waals surface area contributed by atoms with Gasteiger partial charge in [0.25, 0.3) is 5.56 Å². The Morgan fingerprint density at radius 3 is 2.52 bits per heavy atom. The number of hydrogen-bond donors (Lipinski definition) is 2. The second-order valence-corrected chi connectivity index (χ2v) is 9.73. The van der Waals surface area contributed by atoms with Crippen LogP contribution in [0.1, 0.15) is 44.1 Å². The van der Waals surface area contributed by atoms with Crippen molar-refractivity contribution in [1.29, 1.82) is 0 Å². The maximum absolute atomic E-state index is 13.3. The van der Waals surface area contributed by atoms with Crippen molar-refractivity contribution in [2.24, 2.45) is 20.0 Å². The van der Waals surface area contributed by atoms with E-state index in [2.05, 4.69) is 10.3 Å². The lowest BCUT2D eigenvalue weighted by Gasteiger charge is -2.26. The number of nitrogens with one attached hydrogen (secondary N) is 1. The molecule has 1 atom stereocenters. The van der Waals surface area contributed by atoms with Crippen LogP contribution in [-0.4, -0.2) is 36.4 Å². The Labute approximate surface area is 201 Å². The molecule has 178 valence electrons. The van der Waals surface area contributed by atoms with Crippen molar-refractivity contribution in [3.63, 3.8) is 0 Å². The molecule has 1 unspecified atom stereocenters. The zero-order valence-electron chi connectivity index (χ0n) is 18.9. The molecule has 0 bridgehead atoms. The van der Waals surface area contributed by atoms with Gasteiger partial charge in [-0.25, -0.2) is 4.79 Å². The van der Waals surface area contributed by atoms with Crippen LogP contribution in [0.4, 0.5) is 5.95 Å². The maximum Gasteiger partial charge on any atom is 0.332 e. The molecule has 1 aliphatic carbocycles. The minimum atomic E-state index is -0.468. The number of aliphatic hydroxyl groups is 1. The highest BCUT2D eigenvalue weighted by Crippen LogP contribution is 2.28. The van der Waals surface area contributed by atoms with Crippen molar-refractivity contribution in [2.75, 3.05) is 11.9 Å². The number of nitrogens with zero attached hydrogens (tertiary/aromatic N) is 4. The summed E-state index contributed by atoms with van der Waals surface area (Å²) in [7, 11) is 3.33. The first-order valence-electron chi connectivity index (χ1n) is 11.3. The van der Waals surface area contributed by atoms with Gasteiger partial charge < -0.3 is 15.0 Å². The van der Waals surface area contributed by atoms with Crippen LogP contribution in [-0.2, 0) is 20.6 Å². The molecule has 2 N–H and O–H groups in total. The van der Waals surface area contributed by atoms with E-state index in [0.29, 0.717) is 38.6 Å². The van der Waals surface area contributed by atoms with Gasteiger partial charge in [0.1, 0.15) is 0 Å². The van der Waals surface area contributed by atoms with E-state index in [-0.39, 0.29) is 19.2 Å². The summed E-state index contributed by atoms with van der Waals surface area (Å²) in [5.41, 5.74) is 0.402. The maximum atomic E-state index is 13.3. The lowest BCUT2D eigenvalue weighted by molar-refractivity contribution is 0.236. The summed E-state index contributed by atoms with van der Waals surface area (Å²) in [6.07, 6.45) is 6.94. The van der Waals surface area contributed by atoms with Crippen molar-refractivity contribution in [2.45, 2.75) is 51.1 Å². The number of benzene rings is 1. The van der Waals surface area contributed by atoms with Gasteiger partial charge in [-0.15, -0.1) is 0 Å². The Hall–Kier alpha value is -2.29. The van der Waals surface area contributed by atoms with E-state index in [0.717, 1.165) is 6.42 Å². The molecule has 33 heavy (non-hydrogen) atoms. The molecule has 4 rings (SSSR count). The average Bonchev–Trinajstić information content (AvgIpc) is 3.14. The molecule has 1 aliphatic rings. The predicted octanol–water partition coefficient (Wildman–Crippen LogP) is 3.53. The predicted molar refractivity (Wildman–Crippen MR) is 131 cm³/mol. The minimum Gasteiger partial charge on any atom is -0.394 e. The normalized spacial score (nSPS) is 15.8. The van der Waals surface area contributed by atoms with Gasteiger partial charge in [-0.1, -0.05) is 61.4 Å². The van der Waals surface area contributed by atoms with Crippen LogP contribution in [0.3, 0.4) is 0 Å². The third-order valence-corrected chi connectivity index (χ3v) is 7.32. The van der Waals surface area contributed by atoms with Crippen LogP contribution in [0.15, 0.2) is 27.8 Å². The van der Waals surface area contributed by atoms with Crippen molar-refractivity contribution in [3.8, 4) is 0 Å². The van der Waals surface area contributed by atoms with E-state index in [9.17, 15) is 14.7 Å². The summed E-state index contributed by atoms with van der Waals surface area (Å²) in [5.74, 6) is 1.03. The molecule has 1 fully saturated rings. The van der Waals surface area contributed by atoms with Crippen molar-refractivity contribution < 1.29 is 5.11 Å². The molecule has 1 saturated carbocycles. The first-order chi connectivity index (χ1) is 15.8. The third kappa shape index (κ3) is 4.83. The summed E-state index contributed by atoms with van der Waals surface area (Å²) in [5, 5.41) is 14.0. The quantitative estimate of drug-likeness (QED) is 0.524. The van der Waals surface area contributed by atoms with Crippen molar-refractivity contribution >= 4 is 40.3 Å². The fourth-order valence-corrected chi connectivity index (χ4v) is 5.04. The number of aryl methyl sites for hydroxylation is 2. The lowest BCUT2D eigenvalue weighted by atomic mass is 9.85. The van der Waals surface area contributed by atoms with Gasteiger partial charge in [0.2, 0.25) is 5.95 Å². The topological polar surface area (TPSA) is 94.1 Å². The second-order valence-electron chi connectivity index (χ2n) is 8.91. The van der Waals surface area contributed by atoms with E-state index in [4.69, 9.17) is 23.2 Å². The monoisotopic (exact) mass is 493 g/mol. The summed E-state index contributed by atoms with van der Waals surface area (Å²) >= 11 is 12.1. The first-order valence-corrected chi connectivity index (χ1v) is 12.0. The van der Waals surface area contributed by atoms with Crippen molar-refractivity contribution in [1.82, 2.24) is 18.7 Å². The summed E-state index contributed by atoms with van der Waals surface area (Å²) in [6, 6.07) is 4.85. The van der Waals surface area contributed by atoms with E-state index >= 15 is 0 Å². The Morgan fingerprint density at radius 2 is 1.85 bits per heavy atom. The number of imidazole rings is 1.